The highest BCUT2D eigenvalue weighted by Crippen LogP contribution is 2.12. The molecule has 104 valence electrons. The molecule has 0 fully saturated rings. The molecule has 19 heavy (non-hydrogen) atoms. The fraction of sp³-hybridized carbons (Fsp3) is 0.429. The predicted molar refractivity (Wildman–Crippen MR) is 74.3 cm³/mol. The van der Waals surface area contributed by atoms with E-state index >= 15 is 0 Å². The summed E-state index contributed by atoms with van der Waals surface area (Å²) in [6.45, 7) is 5.61. The number of carbonyl (C=O) groups excluding carboxylic acids is 2. The molecule has 0 saturated heterocycles. The van der Waals surface area contributed by atoms with Crippen molar-refractivity contribution in [1.82, 2.24) is 10.6 Å². The van der Waals surface area contributed by atoms with Crippen molar-refractivity contribution in [3.8, 4) is 0 Å². The first kappa shape index (κ1) is 15.0. The number of rotatable bonds is 5. The molecule has 0 unspecified atom stereocenters. The summed E-state index contributed by atoms with van der Waals surface area (Å²) in [6, 6.07) is 8.20. The number of hydrogen-bond acceptors (Lipinski definition) is 2. The van der Waals surface area contributed by atoms with Gasteiger partial charge >= 0.3 is 6.03 Å². The SMILES string of the molecule is CC(C)[C@@H](NC(N)=O)C(=O)N[C@H](C)c1ccccc1. The topological polar surface area (TPSA) is 84.2 Å². The van der Waals surface area contributed by atoms with Gasteiger partial charge in [0.1, 0.15) is 6.04 Å². The van der Waals surface area contributed by atoms with E-state index in [0.29, 0.717) is 0 Å². The zero-order valence-corrected chi connectivity index (χ0v) is 11.5. The van der Waals surface area contributed by atoms with Crippen LogP contribution in [0.25, 0.3) is 0 Å². The number of urea groups is 1. The predicted octanol–water partition coefficient (Wildman–Crippen LogP) is 1.56. The fourth-order valence-electron chi connectivity index (χ4n) is 1.82. The summed E-state index contributed by atoms with van der Waals surface area (Å²) in [6.07, 6.45) is 0. The maximum Gasteiger partial charge on any atom is 0.312 e. The minimum atomic E-state index is -0.693. The van der Waals surface area contributed by atoms with Gasteiger partial charge in [0.15, 0.2) is 0 Å². The Morgan fingerprint density at radius 3 is 2.11 bits per heavy atom. The molecule has 1 aromatic carbocycles. The highest BCUT2D eigenvalue weighted by Gasteiger charge is 2.24. The molecule has 2 atom stereocenters. The quantitative estimate of drug-likeness (QED) is 0.753. The van der Waals surface area contributed by atoms with E-state index in [1.165, 1.54) is 0 Å². The molecule has 5 nitrogen and oxygen atoms in total. The van der Waals surface area contributed by atoms with E-state index in [9.17, 15) is 9.59 Å². The third kappa shape index (κ3) is 4.62. The molecular formula is C14H21N3O2. The maximum absolute atomic E-state index is 12.1. The van der Waals surface area contributed by atoms with E-state index in [4.69, 9.17) is 5.73 Å². The van der Waals surface area contributed by atoms with Crippen LogP contribution in [0.2, 0.25) is 0 Å². The van der Waals surface area contributed by atoms with Crippen LogP contribution < -0.4 is 16.4 Å². The van der Waals surface area contributed by atoms with Gasteiger partial charge in [-0.1, -0.05) is 44.2 Å². The minimum absolute atomic E-state index is 0.0320. The van der Waals surface area contributed by atoms with Crippen LogP contribution in [0, 0.1) is 5.92 Å². The summed E-state index contributed by atoms with van der Waals surface area (Å²) in [4.78, 5) is 23.0. The van der Waals surface area contributed by atoms with Gasteiger partial charge in [-0.15, -0.1) is 0 Å². The zero-order chi connectivity index (χ0) is 14.4. The highest BCUT2D eigenvalue weighted by atomic mass is 16.2. The van der Waals surface area contributed by atoms with Gasteiger partial charge in [0.2, 0.25) is 5.91 Å². The lowest BCUT2D eigenvalue weighted by molar-refractivity contribution is -0.124. The Hall–Kier alpha value is -2.04. The monoisotopic (exact) mass is 263 g/mol. The summed E-state index contributed by atoms with van der Waals surface area (Å²) in [5.74, 6) is -0.263. The lowest BCUT2D eigenvalue weighted by Gasteiger charge is -2.23. The molecule has 1 aromatic rings. The fourth-order valence-corrected chi connectivity index (χ4v) is 1.82. The van der Waals surface area contributed by atoms with E-state index in [1.807, 2.05) is 51.1 Å². The van der Waals surface area contributed by atoms with Gasteiger partial charge in [-0.25, -0.2) is 4.79 Å². The van der Waals surface area contributed by atoms with E-state index in [2.05, 4.69) is 10.6 Å². The van der Waals surface area contributed by atoms with Crippen molar-refractivity contribution >= 4 is 11.9 Å². The van der Waals surface area contributed by atoms with Crippen LogP contribution in [-0.4, -0.2) is 18.0 Å². The Kier molecular flexibility index (Phi) is 5.36. The van der Waals surface area contributed by atoms with Gasteiger partial charge in [0.05, 0.1) is 6.04 Å². The summed E-state index contributed by atoms with van der Waals surface area (Å²) in [5.41, 5.74) is 6.09. The molecular weight excluding hydrogens is 242 g/mol. The van der Waals surface area contributed by atoms with E-state index < -0.39 is 12.1 Å². The molecule has 0 spiro atoms. The minimum Gasteiger partial charge on any atom is -0.352 e. The van der Waals surface area contributed by atoms with Crippen LogP contribution in [0.5, 0.6) is 0 Å². The third-order valence-electron chi connectivity index (χ3n) is 2.91. The second kappa shape index (κ2) is 6.78. The summed E-state index contributed by atoms with van der Waals surface area (Å²) in [7, 11) is 0. The molecule has 0 heterocycles. The van der Waals surface area contributed by atoms with Crippen molar-refractivity contribution in [3.05, 3.63) is 35.9 Å². The average Bonchev–Trinajstić information content (AvgIpc) is 2.36. The standard InChI is InChI=1S/C14H21N3O2/c1-9(2)12(17-14(15)19)13(18)16-10(3)11-7-5-4-6-8-11/h4-10,12H,1-3H3,(H,16,18)(H3,15,17,19)/t10-,12-/m1/s1. The Balaban J connectivity index is 2.69. The van der Waals surface area contributed by atoms with Crippen molar-refractivity contribution in [1.29, 1.82) is 0 Å². The van der Waals surface area contributed by atoms with Crippen LogP contribution >= 0.6 is 0 Å². The van der Waals surface area contributed by atoms with E-state index in [1.54, 1.807) is 0 Å². The number of carbonyl (C=O) groups is 2. The Morgan fingerprint density at radius 1 is 1.05 bits per heavy atom. The smallest absolute Gasteiger partial charge is 0.312 e. The van der Waals surface area contributed by atoms with Crippen LogP contribution in [0.1, 0.15) is 32.4 Å². The van der Waals surface area contributed by atoms with Gasteiger partial charge < -0.3 is 16.4 Å². The summed E-state index contributed by atoms with van der Waals surface area (Å²) < 4.78 is 0. The molecule has 4 N–H and O–H groups in total. The molecule has 0 radical (unpaired) electrons. The zero-order valence-electron chi connectivity index (χ0n) is 11.5. The van der Waals surface area contributed by atoms with Gasteiger partial charge in [-0.2, -0.15) is 0 Å². The first-order valence-electron chi connectivity index (χ1n) is 6.33. The molecule has 3 amide bonds. The number of benzene rings is 1. The number of nitrogens with two attached hydrogens (primary N) is 1. The van der Waals surface area contributed by atoms with Crippen molar-refractivity contribution < 1.29 is 9.59 Å². The molecule has 0 aliphatic rings. The van der Waals surface area contributed by atoms with Gasteiger partial charge in [-0.05, 0) is 18.4 Å². The molecule has 5 heteroatoms. The second-order valence-electron chi connectivity index (χ2n) is 4.87. The molecule has 1 rings (SSSR count). The molecule has 0 aliphatic carbocycles. The van der Waals surface area contributed by atoms with E-state index in [0.717, 1.165) is 5.56 Å². The normalized spacial score (nSPS) is 13.7. The third-order valence-corrected chi connectivity index (χ3v) is 2.91. The lowest BCUT2D eigenvalue weighted by atomic mass is 10.0. The Morgan fingerprint density at radius 2 is 1.63 bits per heavy atom. The first-order chi connectivity index (χ1) is 8.91. The Labute approximate surface area is 113 Å². The number of hydrogen-bond donors (Lipinski definition) is 3. The van der Waals surface area contributed by atoms with Crippen LogP contribution in [0.3, 0.4) is 0 Å². The lowest BCUT2D eigenvalue weighted by Crippen LogP contribution is -2.51. The number of amides is 3. The second-order valence-corrected chi connectivity index (χ2v) is 4.87. The van der Waals surface area contributed by atoms with Crippen molar-refractivity contribution in [2.24, 2.45) is 11.7 Å². The number of nitrogens with one attached hydrogen (secondary N) is 2. The average molecular weight is 263 g/mol. The van der Waals surface area contributed by atoms with Gasteiger partial charge in [0.25, 0.3) is 0 Å². The van der Waals surface area contributed by atoms with Crippen LogP contribution in [0.4, 0.5) is 4.79 Å². The Bertz CT molecular complexity index is 432. The van der Waals surface area contributed by atoms with Crippen LogP contribution in [-0.2, 0) is 4.79 Å². The van der Waals surface area contributed by atoms with Crippen molar-refractivity contribution in [2.75, 3.05) is 0 Å². The van der Waals surface area contributed by atoms with Gasteiger partial charge in [-0.3, -0.25) is 4.79 Å². The molecule has 0 saturated carbocycles. The largest absolute Gasteiger partial charge is 0.352 e. The maximum atomic E-state index is 12.1. The molecule has 0 aromatic heterocycles. The summed E-state index contributed by atoms with van der Waals surface area (Å²) >= 11 is 0. The highest BCUT2D eigenvalue weighted by molar-refractivity contribution is 5.87. The van der Waals surface area contributed by atoms with E-state index in [-0.39, 0.29) is 17.9 Å². The summed E-state index contributed by atoms with van der Waals surface area (Å²) in [5, 5.41) is 5.34. The van der Waals surface area contributed by atoms with Crippen LogP contribution in [0.15, 0.2) is 30.3 Å². The molecule has 0 bridgehead atoms. The number of primary amides is 1. The van der Waals surface area contributed by atoms with Gasteiger partial charge in [0, 0.05) is 0 Å². The molecule has 0 aliphatic heterocycles. The first-order valence-corrected chi connectivity index (χ1v) is 6.33. The van der Waals surface area contributed by atoms with Crippen molar-refractivity contribution in [2.45, 2.75) is 32.9 Å². The van der Waals surface area contributed by atoms with Crippen molar-refractivity contribution in [3.63, 3.8) is 0 Å².